The van der Waals surface area contributed by atoms with Crippen molar-refractivity contribution in [2.45, 2.75) is 19.4 Å². The van der Waals surface area contributed by atoms with E-state index in [0.717, 1.165) is 43.9 Å². The summed E-state index contributed by atoms with van der Waals surface area (Å²) in [4.78, 5) is 21.6. The van der Waals surface area contributed by atoms with Gasteiger partial charge in [-0.05, 0) is 47.7 Å². The minimum absolute atomic E-state index is 0.0181. The largest absolute Gasteiger partial charge is 0.366 e. The maximum Gasteiger partial charge on any atom is 0.276 e. The molecule has 1 aromatic heterocycles. The van der Waals surface area contributed by atoms with Crippen LogP contribution >= 0.6 is 0 Å². The maximum absolute atomic E-state index is 12.9. The third-order valence-electron chi connectivity index (χ3n) is 5.60. The molecule has 0 aliphatic carbocycles. The van der Waals surface area contributed by atoms with Gasteiger partial charge in [-0.15, -0.1) is 0 Å². The molecule has 4 heteroatoms. The number of fused-ring (bicyclic) bond motifs is 2. The Balaban J connectivity index is 1.35. The first-order valence-corrected chi connectivity index (χ1v) is 9.47. The highest BCUT2D eigenvalue weighted by molar-refractivity contribution is 6.06. The number of carbonyl (C=O) groups is 1. The molecule has 27 heavy (non-hydrogen) atoms. The molecular weight excluding hydrogens is 334 g/mol. The first kappa shape index (κ1) is 16.1. The van der Waals surface area contributed by atoms with Crippen LogP contribution < -0.4 is 9.80 Å². The van der Waals surface area contributed by atoms with Crippen LogP contribution in [0.15, 0.2) is 66.9 Å². The molecule has 5 rings (SSSR count). The van der Waals surface area contributed by atoms with Gasteiger partial charge in [0.2, 0.25) is 0 Å². The first-order valence-electron chi connectivity index (χ1n) is 9.47. The maximum atomic E-state index is 12.9. The normalized spacial score (nSPS) is 15.4. The highest BCUT2D eigenvalue weighted by Crippen LogP contribution is 2.29. The molecule has 0 unspecified atom stereocenters. The van der Waals surface area contributed by atoms with Crippen molar-refractivity contribution in [3.8, 4) is 0 Å². The van der Waals surface area contributed by atoms with Gasteiger partial charge in [0, 0.05) is 25.3 Å². The lowest BCUT2D eigenvalue weighted by Gasteiger charge is -2.30. The van der Waals surface area contributed by atoms with Gasteiger partial charge in [0.15, 0.2) is 0 Å². The average Bonchev–Trinajstić information content (AvgIpc) is 3.17. The SMILES string of the molecule is O=C(c1ccc(N2CCc3ccccc3C2)cn1)N1CCc2ccccc21. The van der Waals surface area contributed by atoms with E-state index in [-0.39, 0.29) is 5.91 Å². The van der Waals surface area contributed by atoms with Crippen LogP contribution in [-0.2, 0) is 19.4 Å². The van der Waals surface area contributed by atoms with Gasteiger partial charge in [0.25, 0.3) is 5.91 Å². The molecule has 2 aliphatic heterocycles. The number of anilines is 2. The van der Waals surface area contributed by atoms with E-state index in [1.807, 2.05) is 41.4 Å². The molecule has 1 amide bonds. The van der Waals surface area contributed by atoms with E-state index >= 15 is 0 Å². The summed E-state index contributed by atoms with van der Waals surface area (Å²) < 4.78 is 0. The van der Waals surface area contributed by atoms with Gasteiger partial charge in [-0.1, -0.05) is 42.5 Å². The van der Waals surface area contributed by atoms with Crippen molar-refractivity contribution in [2.24, 2.45) is 0 Å². The molecule has 2 aromatic carbocycles. The number of rotatable bonds is 2. The van der Waals surface area contributed by atoms with Crippen molar-refractivity contribution in [1.29, 1.82) is 0 Å². The lowest BCUT2D eigenvalue weighted by Crippen LogP contribution is -2.31. The number of carbonyl (C=O) groups excluding carboxylic acids is 1. The van der Waals surface area contributed by atoms with E-state index in [4.69, 9.17) is 0 Å². The molecule has 0 radical (unpaired) electrons. The number of nitrogens with zero attached hydrogens (tertiary/aromatic N) is 3. The van der Waals surface area contributed by atoms with Crippen molar-refractivity contribution in [1.82, 2.24) is 4.98 Å². The quantitative estimate of drug-likeness (QED) is 0.701. The molecule has 0 spiro atoms. The van der Waals surface area contributed by atoms with Crippen LogP contribution in [0.3, 0.4) is 0 Å². The summed E-state index contributed by atoms with van der Waals surface area (Å²) in [5.74, 6) is -0.0181. The molecular formula is C23H21N3O. The summed E-state index contributed by atoms with van der Waals surface area (Å²) in [5, 5.41) is 0. The fraction of sp³-hybridized carbons (Fsp3) is 0.217. The monoisotopic (exact) mass is 355 g/mol. The molecule has 0 atom stereocenters. The van der Waals surface area contributed by atoms with E-state index in [9.17, 15) is 4.79 Å². The van der Waals surface area contributed by atoms with Crippen LogP contribution in [0.5, 0.6) is 0 Å². The fourth-order valence-corrected chi connectivity index (χ4v) is 4.10. The van der Waals surface area contributed by atoms with E-state index in [1.165, 1.54) is 16.7 Å². The summed E-state index contributed by atoms with van der Waals surface area (Å²) in [6.07, 6.45) is 3.79. The standard InChI is InChI=1S/C23H21N3O/c27-23(26-14-12-18-6-3-4-8-22(18)26)21-10-9-20(15-24-21)25-13-11-17-5-1-2-7-19(17)16-25/h1-10,15H,11-14,16H2. The number of pyridine rings is 1. The van der Waals surface area contributed by atoms with Crippen LogP contribution in [0.1, 0.15) is 27.2 Å². The van der Waals surface area contributed by atoms with Crippen molar-refractivity contribution < 1.29 is 4.79 Å². The Hall–Kier alpha value is -3.14. The third-order valence-corrected chi connectivity index (χ3v) is 5.60. The lowest BCUT2D eigenvalue weighted by molar-refractivity contribution is 0.0984. The zero-order chi connectivity index (χ0) is 18.2. The van der Waals surface area contributed by atoms with Crippen LogP contribution in [0.25, 0.3) is 0 Å². The van der Waals surface area contributed by atoms with Gasteiger partial charge in [0.1, 0.15) is 5.69 Å². The van der Waals surface area contributed by atoms with Gasteiger partial charge >= 0.3 is 0 Å². The molecule has 4 nitrogen and oxygen atoms in total. The van der Waals surface area contributed by atoms with Gasteiger partial charge < -0.3 is 9.80 Å². The zero-order valence-electron chi connectivity index (χ0n) is 15.1. The Morgan fingerprint density at radius 2 is 1.56 bits per heavy atom. The van der Waals surface area contributed by atoms with Gasteiger partial charge in [-0.25, -0.2) is 4.98 Å². The zero-order valence-corrected chi connectivity index (χ0v) is 15.1. The molecule has 0 N–H and O–H groups in total. The number of benzene rings is 2. The van der Waals surface area contributed by atoms with Gasteiger partial charge in [-0.2, -0.15) is 0 Å². The summed E-state index contributed by atoms with van der Waals surface area (Å²) in [7, 11) is 0. The van der Waals surface area contributed by atoms with Crippen LogP contribution in [-0.4, -0.2) is 24.0 Å². The Kier molecular flexibility index (Phi) is 3.89. The van der Waals surface area contributed by atoms with Gasteiger partial charge in [-0.3, -0.25) is 4.79 Å². The number of aromatic nitrogens is 1. The van der Waals surface area contributed by atoms with E-state index < -0.39 is 0 Å². The number of hydrogen-bond donors (Lipinski definition) is 0. The lowest BCUT2D eigenvalue weighted by atomic mass is 10.00. The van der Waals surface area contributed by atoms with Crippen molar-refractivity contribution >= 4 is 17.3 Å². The second-order valence-electron chi connectivity index (χ2n) is 7.18. The van der Waals surface area contributed by atoms with Crippen LogP contribution in [0, 0.1) is 0 Å². The van der Waals surface area contributed by atoms with Crippen molar-refractivity contribution in [2.75, 3.05) is 22.9 Å². The topological polar surface area (TPSA) is 36.4 Å². The second kappa shape index (κ2) is 6.54. The molecule has 0 fully saturated rings. The fourth-order valence-electron chi connectivity index (χ4n) is 4.10. The predicted octanol–water partition coefficient (Wildman–Crippen LogP) is 3.85. The van der Waals surface area contributed by atoms with E-state index in [2.05, 4.69) is 40.2 Å². The van der Waals surface area contributed by atoms with Crippen molar-refractivity contribution in [3.63, 3.8) is 0 Å². The molecule has 3 aromatic rings. The molecule has 0 saturated carbocycles. The Morgan fingerprint density at radius 3 is 2.37 bits per heavy atom. The molecule has 0 saturated heterocycles. The summed E-state index contributed by atoms with van der Waals surface area (Å²) in [5.41, 5.74) is 6.63. The Labute approximate surface area is 159 Å². The number of amides is 1. The number of para-hydroxylation sites is 1. The van der Waals surface area contributed by atoms with E-state index in [0.29, 0.717) is 5.69 Å². The summed E-state index contributed by atoms with van der Waals surface area (Å²) >= 11 is 0. The number of hydrogen-bond acceptors (Lipinski definition) is 3. The third kappa shape index (κ3) is 2.87. The highest BCUT2D eigenvalue weighted by Gasteiger charge is 2.26. The Morgan fingerprint density at radius 1 is 0.815 bits per heavy atom. The summed E-state index contributed by atoms with van der Waals surface area (Å²) in [6.45, 7) is 2.60. The van der Waals surface area contributed by atoms with Crippen LogP contribution in [0.4, 0.5) is 11.4 Å². The van der Waals surface area contributed by atoms with Gasteiger partial charge in [0.05, 0.1) is 11.9 Å². The second-order valence-corrected chi connectivity index (χ2v) is 7.18. The van der Waals surface area contributed by atoms with Crippen molar-refractivity contribution in [3.05, 3.63) is 89.2 Å². The Bertz CT molecular complexity index is 997. The van der Waals surface area contributed by atoms with E-state index in [1.54, 1.807) is 0 Å². The average molecular weight is 355 g/mol. The first-order chi connectivity index (χ1) is 13.3. The van der Waals surface area contributed by atoms with Crippen LogP contribution in [0.2, 0.25) is 0 Å². The molecule has 3 heterocycles. The highest BCUT2D eigenvalue weighted by atomic mass is 16.2. The summed E-state index contributed by atoms with van der Waals surface area (Å²) in [6, 6.07) is 20.6. The minimum Gasteiger partial charge on any atom is -0.366 e. The predicted molar refractivity (Wildman–Crippen MR) is 107 cm³/mol. The smallest absolute Gasteiger partial charge is 0.276 e. The minimum atomic E-state index is -0.0181. The molecule has 134 valence electrons. The molecule has 2 aliphatic rings. The molecule has 0 bridgehead atoms.